The monoisotopic (exact) mass is 255 g/mol. The number of hydrogen-bond donors (Lipinski definition) is 3. The summed E-state index contributed by atoms with van der Waals surface area (Å²) in [6.07, 6.45) is 0. The van der Waals surface area contributed by atoms with Crippen molar-refractivity contribution in [2.24, 2.45) is 5.73 Å². The van der Waals surface area contributed by atoms with Crippen LogP contribution in [0.4, 0.5) is 14.9 Å². The van der Waals surface area contributed by atoms with Crippen molar-refractivity contribution in [3.63, 3.8) is 0 Å². The number of nitrogens with two attached hydrogens (primary N) is 1. The van der Waals surface area contributed by atoms with Crippen LogP contribution in [0.5, 0.6) is 0 Å². The van der Waals surface area contributed by atoms with Gasteiger partial charge >= 0.3 is 6.03 Å². The van der Waals surface area contributed by atoms with Crippen molar-refractivity contribution in [2.75, 3.05) is 5.32 Å². The van der Waals surface area contributed by atoms with Crippen LogP contribution < -0.4 is 16.4 Å². The van der Waals surface area contributed by atoms with Crippen LogP contribution in [0.2, 0.25) is 0 Å². The standard InChI is InChI=1S/C11H14FN3OS/c1-6(2)14-11(16)15-9-4-3-7(10(13)17)5-8(9)12/h3-6H,1-2H3,(H2,13,17)(H2,14,15,16). The van der Waals surface area contributed by atoms with Gasteiger partial charge in [-0.2, -0.15) is 0 Å². The topological polar surface area (TPSA) is 67.2 Å². The molecule has 1 rings (SSSR count). The number of thiocarbonyl (C=S) groups is 1. The first-order valence-corrected chi connectivity index (χ1v) is 5.48. The van der Waals surface area contributed by atoms with E-state index in [0.717, 1.165) is 0 Å². The summed E-state index contributed by atoms with van der Waals surface area (Å²) in [7, 11) is 0. The highest BCUT2D eigenvalue weighted by molar-refractivity contribution is 7.80. The summed E-state index contributed by atoms with van der Waals surface area (Å²) in [5.41, 5.74) is 5.87. The van der Waals surface area contributed by atoms with Crippen LogP contribution in [0.3, 0.4) is 0 Å². The largest absolute Gasteiger partial charge is 0.389 e. The minimum absolute atomic E-state index is 0.0195. The smallest absolute Gasteiger partial charge is 0.319 e. The van der Waals surface area contributed by atoms with E-state index in [1.807, 2.05) is 13.8 Å². The van der Waals surface area contributed by atoms with Gasteiger partial charge in [-0.25, -0.2) is 9.18 Å². The molecule has 0 aromatic heterocycles. The number of nitrogens with one attached hydrogen (secondary N) is 2. The fraction of sp³-hybridized carbons (Fsp3) is 0.273. The lowest BCUT2D eigenvalue weighted by Gasteiger charge is -2.11. The summed E-state index contributed by atoms with van der Waals surface area (Å²) < 4.78 is 13.6. The third kappa shape index (κ3) is 3.99. The fourth-order valence-corrected chi connectivity index (χ4v) is 1.32. The molecule has 0 spiro atoms. The summed E-state index contributed by atoms with van der Waals surface area (Å²) in [4.78, 5) is 11.5. The SMILES string of the molecule is CC(C)NC(=O)Nc1ccc(C(N)=S)cc1F. The average Bonchev–Trinajstić information content (AvgIpc) is 2.19. The van der Waals surface area contributed by atoms with Crippen molar-refractivity contribution < 1.29 is 9.18 Å². The molecule has 4 N–H and O–H groups in total. The zero-order valence-corrected chi connectivity index (χ0v) is 10.4. The third-order valence-electron chi connectivity index (χ3n) is 1.92. The zero-order chi connectivity index (χ0) is 13.0. The second kappa shape index (κ2) is 5.58. The number of hydrogen-bond acceptors (Lipinski definition) is 2. The molecule has 92 valence electrons. The van der Waals surface area contributed by atoms with Gasteiger partial charge < -0.3 is 16.4 Å². The van der Waals surface area contributed by atoms with E-state index in [1.165, 1.54) is 12.1 Å². The fourth-order valence-electron chi connectivity index (χ4n) is 1.19. The normalized spacial score (nSPS) is 10.1. The van der Waals surface area contributed by atoms with E-state index in [-0.39, 0.29) is 16.7 Å². The van der Waals surface area contributed by atoms with E-state index in [0.29, 0.717) is 5.56 Å². The molecular weight excluding hydrogens is 241 g/mol. The molecule has 0 aliphatic rings. The number of halogens is 1. The summed E-state index contributed by atoms with van der Waals surface area (Å²) in [6.45, 7) is 3.62. The molecule has 0 saturated carbocycles. The molecule has 0 atom stereocenters. The van der Waals surface area contributed by atoms with Crippen molar-refractivity contribution in [1.82, 2.24) is 5.32 Å². The predicted octanol–water partition coefficient (Wildman–Crippen LogP) is 1.99. The molecular formula is C11H14FN3OS. The lowest BCUT2D eigenvalue weighted by atomic mass is 10.2. The Kier molecular flexibility index (Phi) is 4.39. The minimum atomic E-state index is -0.575. The molecule has 2 amide bonds. The van der Waals surface area contributed by atoms with Crippen LogP contribution in [0, 0.1) is 5.82 Å². The molecule has 1 aromatic rings. The molecule has 17 heavy (non-hydrogen) atoms. The van der Waals surface area contributed by atoms with Gasteiger partial charge in [0.1, 0.15) is 10.8 Å². The molecule has 0 bridgehead atoms. The van der Waals surface area contributed by atoms with E-state index >= 15 is 0 Å². The molecule has 0 unspecified atom stereocenters. The summed E-state index contributed by atoms with van der Waals surface area (Å²) in [6, 6.07) is 3.68. The maximum absolute atomic E-state index is 13.6. The van der Waals surface area contributed by atoms with Gasteiger partial charge in [-0.1, -0.05) is 12.2 Å². The first-order valence-electron chi connectivity index (χ1n) is 5.07. The summed E-state index contributed by atoms with van der Waals surface area (Å²) in [5, 5.41) is 4.99. The highest BCUT2D eigenvalue weighted by Crippen LogP contribution is 2.15. The lowest BCUT2D eigenvalue weighted by Crippen LogP contribution is -2.34. The molecule has 0 aliphatic heterocycles. The number of benzene rings is 1. The number of carbonyl (C=O) groups excluding carboxylic acids is 1. The Hall–Kier alpha value is -1.69. The van der Waals surface area contributed by atoms with E-state index in [4.69, 9.17) is 18.0 Å². The molecule has 0 heterocycles. The predicted molar refractivity (Wildman–Crippen MR) is 69.6 cm³/mol. The first-order chi connectivity index (χ1) is 7.90. The van der Waals surface area contributed by atoms with Gasteiger partial charge in [0.2, 0.25) is 0 Å². The summed E-state index contributed by atoms with van der Waals surface area (Å²) >= 11 is 4.72. The number of carbonyl (C=O) groups is 1. The van der Waals surface area contributed by atoms with E-state index in [1.54, 1.807) is 6.07 Å². The van der Waals surface area contributed by atoms with E-state index < -0.39 is 11.8 Å². The van der Waals surface area contributed by atoms with Crippen molar-refractivity contribution in [3.05, 3.63) is 29.6 Å². The molecule has 0 fully saturated rings. The van der Waals surface area contributed by atoms with Gasteiger partial charge in [-0.05, 0) is 32.0 Å². The number of rotatable bonds is 3. The van der Waals surface area contributed by atoms with Crippen molar-refractivity contribution in [2.45, 2.75) is 19.9 Å². The molecule has 1 aromatic carbocycles. The van der Waals surface area contributed by atoms with Gasteiger partial charge in [0.05, 0.1) is 5.69 Å². The minimum Gasteiger partial charge on any atom is -0.389 e. The van der Waals surface area contributed by atoms with Gasteiger partial charge in [0, 0.05) is 11.6 Å². The van der Waals surface area contributed by atoms with Gasteiger partial charge in [0.15, 0.2) is 0 Å². The first kappa shape index (κ1) is 13.4. The average molecular weight is 255 g/mol. The Labute approximate surface area is 104 Å². The van der Waals surface area contributed by atoms with Crippen LogP contribution in [0.25, 0.3) is 0 Å². The highest BCUT2D eigenvalue weighted by Gasteiger charge is 2.09. The Morgan fingerprint density at radius 1 is 1.47 bits per heavy atom. The Morgan fingerprint density at radius 2 is 2.12 bits per heavy atom. The molecule has 4 nitrogen and oxygen atoms in total. The number of anilines is 1. The van der Waals surface area contributed by atoms with Gasteiger partial charge in [0.25, 0.3) is 0 Å². The van der Waals surface area contributed by atoms with Crippen LogP contribution in [-0.2, 0) is 0 Å². The quantitative estimate of drug-likeness (QED) is 0.724. The lowest BCUT2D eigenvalue weighted by molar-refractivity contribution is 0.250. The van der Waals surface area contributed by atoms with Crippen LogP contribution in [-0.4, -0.2) is 17.1 Å². The molecule has 0 aliphatic carbocycles. The Morgan fingerprint density at radius 3 is 2.59 bits per heavy atom. The number of amides is 2. The van der Waals surface area contributed by atoms with Crippen molar-refractivity contribution in [1.29, 1.82) is 0 Å². The maximum Gasteiger partial charge on any atom is 0.319 e. The highest BCUT2D eigenvalue weighted by atomic mass is 32.1. The second-order valence-corrected chi connectivity index (χ2v) is 4.25. The third-order valence-corrected chi connectivity index (χ3v) is 2.16. The van der Waals surface area contributed by atoms with Gasteiger partial charge in [-0.15, -0.1) is 0 Å². The van der Waals surface area contributed by atoms with E-state index in [2.05, 4.69) is 10.6 Å². The van der Waals surface area contributed by atoms with Crippen LogP contribution in [0.1, 0.15) is 19.4 Å². The Bertz CT molecular complexity index is 448. The van der Waals surface area contributed by atoms with Crippen LogP contribution in [0.15, 0.2) is 18.2 Å². The van der Waals surface area contributed by atoms with E-state index in [9.17, 15) is 9.18 Å². The summed E-state index contributed by atoms with van der Waals surface area (Å²) in [5.74, 6) is -0.575. The second-order valence-electron chi connectivity index (χ2n) is 3.81. The van der Waals surface area contributed by atoms with Gasteiger partial charge in [-0.3, -0.25) is 0 Å². The van der Waals surface area contributed by atoms with Crippen LogP contribution >= 0.6 is 12.2 Å². The molecule has 0 radical (unpaired) electrons. The molecule has 6 heteroatoms. The van der Waals surface area contributed by atoms with Crippen molar-refractivity contribution >= 4 is 28.9 Å². The maximum atomic E-state index is 13.6. The Balaban J connectivity index is 2.79. The zero-order valence-electron chi connectivity index (χ0n) is 9.58. The molecule has 0 saturated heterocycles. The van der Waals surface area contributed by atoms with Crippen molar-refractivity contribution in [3.8, 4) is 0 Å². The number of urea groups is 1.